The average Bonchev–Trinajstić information content (AvgIpc) is 3.28. The van der Waals surface area contributed by atoms with Gasteiger partial charge in [-0.2, -0.15) is 0 Å². The van der Waals surface area contributed by atoms with Crippen molar-refractivity contribution in [1.82, 2.24) is 30.4 Å². The van der Waals surface area contributed by atoms with Gasteiger partial charge in [-0.15, -0.1) is 5.10 Å². The second-order valence-corrected chi connectivity index (χ2v) is 5.71. The Hall–Kier alpha value is -2.11. The molecule has 3 rings (SSSR count). The van der Waals surface area contributed by atoms with Crippen LogP contribution in [-0.2, 0) is 25.6 Å². The molecule has 3 heterocycles. The zero-order valence-corrected chi connectivity index (χ0v) is 14.0. The van der Waals surface area contributed by atoms with Crippen molar-refractivity contribution in [2.75, 3.05) is 39.5 Å². The smallest absolute Gasteiger partial charge is 0.290 e. The molecule has 2 N–H and O–H groups in total. The van der Waals surface area contributed by atoms with E-state index in [1.54, 1.807) is 11.0 Å². The van der Waals surface area contributed by atoms with E-state index in [9.17, 15) is 4.79 Å². The molecule has 2 aliphatic rings. The monoisotopic (exact) mass is 356 g/mol. The lowest BCUT2D eigenvalue weighted by Crippen LogP contribution is -2.54. The number of ether oxygens (including phenoxy) is 2. The first-order valence-electron chi connectivity index (χ1n) is 8.22. The molecule has 11 heteroatoms. The first-order valence-corrected chi connectivity index (χ1v) is 8.22. The van der Waals surface area contributed by atoms with Crippen molar-refractivity contribution in [3.05, 3.63) is 6.33 Å². The van der Waals surface area contributed by atoms with E-state index in [-0.39, 0.29) is 24.5 Å². The van der Waals surface area contributed by atoms with E-state index in [4.69, 9.17) is 19.4 Å². The van der Waals surface area contributed by atoms with Crippen LogP contribution < -0.4 is 5.32 Å². The minimum Gasteiger partial charge on any atom is -0.483 e. The van der Waals surface area contributed by atoms with Gasteiger partial charge in [0.25, 0.3) is 6.47 Å². The molecule has 2 saturated heterocycles. The fraction of sp³-hybridized carbons (Fsp3) is 0.786. The van der Waals surface area contributed by atoms with Gasteiger partial charge in [0.15, 0.2) is 0 Å². The average molecular weight is 356 g/mol. The van der Waals surface area contributed by atoms with Gasteiger partial charge in [-0.1, -0.05) is 0 Å². The van der Waals surface area contributed by atoms with E-state index in [1.807, 2.05) is 0 Å². The van der Waals surface area contributed by atoms with E-state index in [1.165, 1.54) is 0 Å². The van der Waals surface area contributed by atoms with E-state index in [2.05, 4.69) is 25.7 Å². The third-order valence-electron chi connectivity index (χ3n) is 4.09. The lowest BCUT2D eigenvalue weighted by atomic mass is 10.1. The molecule has 0 aromatic carbocycles. The van der Waals surface area contributed by atoms with Crippen LogP contribution in [0.15, 0.2) is 6.33 Å². The Morgan fingerprint density at radius 3 is 2.76 bits per heavy atom. The summed E-state index contributed by atoms with van der Waals surface area (Å²) in [5, 5.41) is 20.9. The number of carboxylic acid groups (broad SMARTS) is 1. The Morgan fingerprint density at radius 1 is 1.32 bits per heavy atom. The lowest BCUT2D eigenvalue weighted by molar-refractivity contribution is -0.123. The van der Waals surface area contributed by atoms with Gasteiger partial charge in [0, 0.05) is 26.1 Å². The molecule has 11 nitrogen and oxygen atoms in total. The molecule has 2 atom stereocenters. The maximum Gasteiger partial charge on any atom is 0.290 e. The number of amides is 1. The Labute approximate surface area is 145 Å². The Balaban J connectivity index is 0.000000701. The number of aryl methyl sites for hydroxylation is 1. The van der Waals surface area contributed by atoms with Gasteiger partial charge in [0.05, 0.1) is 38.5 Å². The SMILES string of the molecule is O=C(CCCn1cnnn1)N[C@H]1COC[C@@H]1N1CCOCC1.O=CO. The quantitative estimate of drug-likeness (QED) is 0.577. The van der Waals surface area contributed by atoms with Gasteiger partial charge in [-0.25, -0.2) is 4.68 Å². The van der Waals surface area contributed by atoms with E-state index < -0.39 is 0 Å². The fourth-order valence-electron chi connectivity index (χ4n) is 2.91. The minimum atomic E-state index is -0.250. The van der Waals surface area contributed by atoms with Crippen molar-refractivity contribution in [2.45, 2.75) is 31.5 Å². The van der Waals surface area contributed by atoms with Gasteiger partial charge < -0.3 is 19.9 Å². The Bertz CT molecular complexity index is 508. The minimum absolute atomic E-state index is 0.0573. The van der Waals surface area contributed by atoms with Crippen LogP contribution in [-0.4, -0.2) is 94.2 Å². The third kappa shape index (κ3) is 6.36. The number of nitrogens with zero attached hydrogens (tertiary/aromatic N) is 5. The van der Waals surface area contributed by atoms with E-state index >= 15 is 0 Å². The standard InChI is InChI=1S/C13H22N6O3.CH2O2/c20-13(2-1-3-19-10-14-16-17-19)15-11-8-22-9-12(11)18-4-6-21-7-5-18;2-1-3/h10-12H,1-9H2,(H,15,20);1H,(H,2,3)/t11-,12-;/m0./s1. The highest BCUT2D eigenvalue weighted by Crippen LogP contribution is 2.15. The number of hydrogen-bond donors (Lipinski definition) is 2. The molecule has 1 aromatic rings. The molecule has 2 fully saturated rings. The maximum absolute atomic E-state index is 12.1. The molecule has 0 aliphatic carbocycles. The van der Waals surface area contributed by atoms with Crippen LogP contribution in [0.4, 0.5) is 0 Å². The summed E-state index contributed by atoms with van der Waals surface area (Å²) in [6.07, 6.45) is 2.73. The van der Waals surface area contributed by atoms with Crippen LogP contribution >= 0.6 is 0 Å². The zero-order chi connectivity index (χ0) is 17.9. The summed E-state index contributed by atoms with van der Waals surface area (Å²) < 4.78 is 12.6. The fourth-order valence-corrected chi connectivity index (χ4v) is 2.91. The number of morpholine rings is 1. The van der Waals surface area contributed by atoms with Crippen LogP contribution in [0.1, 0.15) is 12.8 Å². The van der Waals surface area contributed by atoms with Crippen molar-refractivity contribution in [3.8, 4) is 0 Å². The molecule has 0 radical (unpaired) electrons. The molecular formula is C14H24N6O5. The third-order valence-corrected chi connectivity index (χ3v) is 4.09. The molecule has 2 aliphatic heterocycles. The highest BCUT2D eigenvalue weighted by Gasteiger charge is 2.34. The van der Waals surface area contributed by atoms with Gasteiger partial charge in [-0.05, 0) is 16.8 Å². The van der Waals surface area contributed by atoms with Crippen LogP contribution in [0.3, 0.4) is 0 Å². The van der Waals surface area contributed by atoms with Crippen molar-refractivity contribution >= 4 is 12.4 Å². The lowest BCUT2D eigenvalue weighted by Gasteiger charge is -2.34. The second-order valence-electron chi connectivity index (χ2n) is 5.71. The van der Waals surface area contributed by atoms with Crippen molar-refractivity contribution in [1.29, 1.82) is 0 Å². The topological polar surface area (TPSA) is 132 Å². The van der Waals surface area contributed by atoms with Crippen LogP contribution in [0, 0.1) is 0 Å². The summed E-state index contributed by atoms with van der Waals surface area (Å²) in [4.78, 5) is 22.8. The molecule has 25 heavy (non-hydrogen) atoms. The highest BCUT2D eigenvalue weighted by molar-refractivity contribution is 5.76. The summed E-state index contributed by atoms with van der Waals surface area (Å²) >= 11 is 0. The van der Waals surface area contributed by atoms with Crippen LogP contribution in [0.25, 0.3) is 0 Å². The normalized spacial score (nSPS) is 23.5. The van der Waals surface area contributed by atoms with Gasteiger partial charge in [0.2, 0.25) is 5.91 Å². The molecular weight excluding hydrogens is 332 g/mol. The summed E-state index contributed by atoms with van der Waals surface area (Å²) in [7, 11) is 0. The molecule has 1 amide bonds. The first-order chi connectivity index (χ1) is 12.2. The van der Waals surface area contributed by atoms with Crippen LogP contribution in [0.2, 0.25) is 0 Å². The molecule has 0 spiro atoms. The van der Waals surface area contributed by atoms with Crippen molar-refractivity contribution in [2.24, 2.45) is 0 Å². The second kappa shape index (κ2) is 10.7. The number of hydrogen-bond acceptors (Lipinski definition) is 8. The summed E-state index contributed by atoms with van der Waals surface area (Å²) in [5.74, 6) is 0.0573. The first kappa shape index (κ1) is 19.2. The Kier molecular flexibility index (Phi) is 8.22. The van der Waals surface area contributed by atoms with Gasteiger partial charge >= 0.3 is 0 Å². The van der Waals surface area contributed by atoms with Crippen molar-refractivity contribution < 1.29 is 24.2 Å². The van der Waals surface area contributed by atoms with E-state index in [0.29, 0.717) is 32.6 Å². The van der Waals surface area contributed by atoms with Gasteiger partial charge in [-0.3, -0.25) is 14.5 Å². The molecule has 0 bridgehead atoms. The number of carbonyl (C=O) groups excluding carboxylic acids is 1. The largest absolute Gasteiger partial charge is 0.483 e. The molecule has 0 unspecified atom stereocenters. The highest BCUT2D eigenvalue weighted by atomic mass is 16.5. The Morgan fingerprint density at radius 2 is 2.08 bits per heavy atom. The van der Waals surface area contributed by atoms with Crippen LogP contribution in [0.5, 0.6) is 0 Å². The maximum atomic E-state index is 12.1. The number of aromatic nitrogens is 4. The summed E-state index contributed by atoms with van der Waals surface area (Å²) in [5.41, 5.74) is 0. The molecule has 1 aromatic heterocycles. The van der Waals surface area contributed by atoms with Crippen molar-refractivity contribution in [3.63, 3.8) is 0 Å². The molecule has 0 saturated carbocycles. The number of tetrazole rings is 1. The number of nitrogens with one attached hydrogen (secondary N) is 1. The van der Waals surface area contributed by atoms with E-state index in [0.717, 1.165) is 26.3 Å². The summed E-state index contributed by atoms with van der Waals surface area (Å²) in [6, 6.07) is 0.325. The number of carbonyl (C=O) groups is 2. The van der Waals surface area contributed by atoms with Gasteiger partial charge in [0.1, 0.15) is 6.33 Å². The molecule has 140 valence electrons. The number of rotatable bonds is 6. The predicted molar refractivity (Wildman–Crippen MR) is 84.7 cm³/mol. The predicted octanol–water partition coefficient (Wildman–Crippen LogP) is -1.63. The summed E-state index contributed by atoms with van der Waals surface area (Å²) in [6.45, 7) is 4.97. The zero-order valence-electron chi connectivity index (χ0n) is 14.0.